The molecule has 0 radical (unpaired) electrons. The van der Waals surface area contributed by atoms with Crippen molar-refractivity contribution in [1.82, 2.24) is 9.80 Å². The van der Waals surface area contributed by atoms with Crippen LogP contribution in [0.1, 0.15) is 10.4 Å². The van der Waals surface area contributed by atoms with Gasteiger partial charge in [0, 0.05) is 31.2 Å². The standard InChI is InChI=1S/C12H14ClFN2O/c1-15-4-6-16(7-5-15)12(17)10-3-2-9(13)8-11(10)14/h2-3,8H,4-7H2,1H3. The van der Waals surface area contributed by atoms with E-state index in [1.54, 1.807) is 4.90 Å². The Kier molecular flexibility index (Phi) is 3.64. The van der Waals surface area contributed by atoms with Crippen molar-refractivity contribution in [3.8, 4) is 0 Å². The van der Waals surface area contributed by atoms with Gasteiger partial charge in [0.25, 0.3) is 5.91 Å². The summed E-state index contributed by atoms with van der Waals surface area (Å²) in [4.78, 5) is 15.9. The molecule has 17 heavy (non-hydrogen) atoms. The number of rotatable bonds is 1. The van der Waals surface area contributed by atoms with E-state index >= 15 is 0 Å². The third-order valence-corrected chi connectivity index (χ3v) is 3.19. The molecule has 1 saturated heterocycles. The molecule has 5 heteroatoms. The van der Waals surface area contributed by atoms with E-state index in [1.807, 2.05) is 7.05 Å². The minimum atomic E-state index is -0.554. The SMILES string of the molecule is CN1CCN(C(=O)c2ccc(Cl)cc2F)CC1. The van der Waals surface area contributed by atoms with E-state index in [0.29, 0.717) is 18.1 Å². The quantitative estimate of drug-likeness (QED) is 0.766. The molecule has 1 aromatic carbocycles. The molecular weight excluding hydrogens is 243 g/mol. The second-order valence-electron chi connectivity index (χ2n) is 4.22. The van der Waals surface area contributed by atoms with Gasteiger partial charge < -0.3 is 9.80 Å². The van der Waals surface area contributed by atoms with Crippen LogP contribution in [0.2, 0.25) is 5.02 Å². The highest BCUT2D eigenvalue weighted by atomic mass is 35.5. The van der Waals surface area contributed by atoms with Crippen LogP contribution < -0.4 is 0 Å². The number of benzene rings is 1. The van der Waals surface area contributed by atoms with Crippen LogP contribution in [0.15, 0.2) is 18.2 Å². The minimum absolute atomic E-state index is 0.0963. The molecule has 1 aliphatic heterocycles. The van der Waals surface area contributed by atoms with Gasteiger partial charge in [-0.3, -0.25) is 4.79 Å². The lowest BCUT2D eigenvalue weighted by Gasteiger charge is -2.32. The first kappa shape index (κ1) is 12.3. The number of piperazine rings is 1. The second-order valence-corrected chi connectivity index (χ2v) is 4.66. The zero-order chi connectivity index (χ0) is 12.4. The average Bonchev–Trinajstić information content (AvgIpc) is 2.29. The maximum Gasteiger partial charge on any atom is 0.256 e. The molecule has 92 valence electrons. The number of amides is 1. The zero-order valence-electron chi connectivity index (χ0n) is 9.62. The first-order valence-corrected chi connectivity index (χ1v) is 5.88. The van der Waals surface area contributed by atoms with Crippen molar-refractivity contribution in [3.63, 3.8) is 0 Å². The summed E-state index contributed by atoms with van der Waals surface area (Å²) >= 11 is 5.65. The summed E-state index contributed by atoms with van der Waals surface area (Å²) in [6, 6.07) is 4.15. The van der Waals surface area contributed by atoms with Gasteiger partial charge in [0.05, 0.1) is 5.56 Å². The normalized spacial score (nSPS) is 17.2. The average molecular weight is 257 g/mol. The molecule has 0 spiro atoms. The molecule has 2 rings (SSSR count). The number of nitrogens with zero attached hydrogens (tertiary/aromatic N) is 2. The highest BCUT2D eigenvalue weighted by Gasteiger charge is 2.22. The van der Waals surface area contributed by atoms with Crippen LogP contribution in [0.4, 0.5) is 4.39 Å². The molecule has 0 bridgehead atoms. The van der Waals surface area contributed by atoms with Gasteiger partial charge >= 0.3 is 0 Å². The van der Waals surface area contributed by atoms with Gasteiger partial charge in [0.2, 0.25) is 0 Å². The van der Waals surface area contributed by atoms with Gasteiger partial charge in [-0.1, -0.05) is 11.6 Å². The highest BCUT2D eigenvalue weighted by Crippen LogP contribution is 2.17. The third-order valence-electron chi connectivity index (χ3n) is 2.95. The van der Waals surface area contributed by atoms with Crippen molar-refractivity contribution in [2.75, 3.05) is 33.2 Å². The Labute approximate surface area is 105 Å². The van der Waals surface area contributed by atoms with Crippen LogP contribution in [-0.4, -0.2) is 48.9 Å². The molecule has 3 nitrogen and oxygen atoms in total. The fourth-order valence-corrected chi connectivity index (χ4v) is 2.00. The van der Waals surface area contributed by atoms with Crippen molar-refractivity contribution in [3.05, 3.63) is 34.6 Å². The largest absolute Gasteiger partial charge is 0.336 e. The first-order chi connectivity index (χ1) is 8.08. The second kappa shape index (κ2) is 5.02. The van der Waals surface area contributed by atoms with Crippen molar-refractivity contribution in [2.24, 2.45) is 0 Å². The zero-order valence-corrected chi connectivity index (χ0v) is 10.4. The summed E-state index contributed by atoms with van der Waals surface area (Å²) < 4.78 is 13.6. The lowest BCUT2D eigenvalue weighted by atomic mass is 10.1. The number of halogens is 2. The van der Waals surface area contributed by atoms with Gasteiger partial charge in [-0.2, -0.15) is 0 Å². The maximum absolute atomic E-state index is 13.6. The van der Waals surface area contributed by atoms with Crippen LogP contribution in [-0.2, 0) is 0 Å². The van der Waals surface area contributed by atoms with Crippen LogP contribution in [0.25, 0.3) is 0 Å². The predicted octanol–water partition coefficient (Wildman–Crippen LogP) is 1.87. The van der Waals surface area contributed by atoms with Crippen molar-refractivity contribution in [1.29, 1.82) is 0 Å². The molecule has 0 atom stereocenters. The van der Waals surface area contributed by atoms with Crippen molar-refractivity contribution in [2.45, 2.75) is 0 Å². The predicted molar refractivity (Wildman–Crippen MR) is 64.8 cm³/mol. The minimum Gasteiger partial charge on any atom is -0.336 e. The lowest BCUT2D eigenvalue weighted by Crippen LogP contribution is -2.47. The molecule has 0 aromatic heterocycles. The Bertz CT molecular complexity index is 431. The van der Waals surface area contributed by atoms with Gasteiger partial charge in [0.1, 0.15) is 5.82 Å². The van der Waals surface area contributed by atoms with E-state index in [-0.39, 0.29) is 11.5 Å². The van der Waals surface area contributed by atoms with Crippen LogP contribution >= 0.6 is 11.6 Å². The summed E-state index contributed by atoms with van der Waals surface area (Å²) in [6.07, 6.45) is 0. The topological polar surface area (TPSA) is 23.6 Å². The maximum atomic E-state index is 13.6. The third kappa shape index (κ3) is 2.76. The Morgan fingerprint density at radius 1 is 1.29 bits per heavy atom. The van der Waals surface area contributed by atoms with Crippen molar-refractivity contribution >= 4 is 17.5 Å². The van der Waals surface area contributed by atoms with E-state index in [0.717, 1.165) is 13.1 Å². The van der Waals surface area contributed by atoms with E-state index in [2.05, 4.69) is 4.90 Å². The lowest BCUT2D eigenvalue weighted by molar-refractivity contribution is 0.0659. The Morgan fingerprint density at radius 3 is 2.53 bits per heavy atom. The number of hydrogen-bond acceptors (Lipinski definition) is 2. The fourth-order valence-electron chi connectivity index (χ4n) is 1.84. The van der Waals surface area contributed by atoms with Gasteiger partial charge in [0.15, 0.2) is 0 Å². The van der Waals surface area contributed by atoms with E-state index in [1.165, 1.54) is 18.2 Å². The number of likely N-dealkylation sites (N-methyl/N-ethyl adjacent to an activating group) is 1. The van der Waals surface area contributed by atoms with Gasteiger partial charge in [-0.15, -0.1) is 0 Å². The molecular formula is C12H14ClFN2O. The van der Waals surface area contributed by atoms with Crippen LogP contribution in [0.3, 0.4) is 0 Å². The summed E-state index contributed by atoms with van der Waals surface area (Å²) in [5.41, 5.74) is 0.0963. The van der Waals surface area contributed by atoms with Crippen LogP contribution in [0, 0.1) is 5.82 Å². The highest BCUT2D eigenvalue weighted by molar-refractivity contribution is 6.30. The van der Waals surface area contributed by atoms with E-state index < -0.39 is 5.82 Å². The Balaban J connectivity index is 2.14. The number of carbonyl (C=O) groups is 1. The van der Waals surface area contributed by atoms with Gasteiger partial charge in [-0.05, 0) is 25.2 Å². The molecule has 1 aliphatic rings. The number of hydrogen-bond donors (Lipinski definition) is 0. The molecule has 0 unspecified atom stereocenters. The van der Waals surface area contributed by atoms with Crippen molar-refractivity contribution < 1.29 is 9.18 Å². The molecule has 0 N–H and O–H groups in total. The smallest absolute Gasteiger partial charge is 0.256 e. The Morgan fingerprint density at radius 2 is 1.94 bits per heavy atom. The number of carbonyl (C=O) groups excluding carboxylic acids is 1. The molecule has 1 fully saturated rings. The summed E-state index contributed by atoms with van der Waals surface area (Å²) in [5, 5.41) is 0.303. The fraction of sp³-hybridized carbons (Fsp3) is 0.417. The Hall–Kier alpha value is -1.13. The molecule has 1 heterocycles. The van der Waals surface area contributed by atoms with Gasteiger partial charge in [-0.25, -0.2) is 4.39 Å². The van der Waals surface area contributed by atoms with Crippen LogP contribution in [0.5, 0.6) is 0 Å². The molecule has 0 aliphatic carbocycles. The monoisotopic (exact) mass is 256 g/mol. The summed E-state index contributed by atoms with van der Waals surface area (Å²) in [6.45, 7) is 2.91. The first-order valence-electron chi connectivity index (χ1n) is 5.51. The summed E-state index contributed by atoms with van der Waals surface area (Å²) in [7, 11) is 2.00. The molecule has 0 saturated carbocycles. The van der Waals surface area contributed by atoms with E-state index in [9.17, 15) is 9.18 Å². The molecule has 1 amide bonds. The van der Waals surface area contributed by atoms with E-state index in [4.69, 9.17) is 11.6 Å². The summed E-state index contributed by atoms with van der Waals surface area (Å²) in [5.74, 6) is -0.811. The molecule has 1 aromatic rings.